The Labute approximate surface area is 127 Å². The van der Waals surface area contributed by atoms with E-state index in [0.717, 1.165) is 15.6 Å². The maximum atomic E-state index is 11.2. The van der Waals surface area contributed by atoms with Gasteiger partial charge in [0.25, 0.3) is 0 Å². The molecule has 104 valence electrons. The number of hydrogen-bond donors (Lipinski definition) is 2. The van der Waals surface area contributed by atoms with Crippen LogP contribution in [-0.2, 0) is 0 Å². The smallest absolute Gasteiger partial charge is 0.291 e. The van der Waals surface area contributed by atoms with Crippen LogP contribution in [0.3, 0.4) is 0 Å². The van der Waals surface area contributed by atoms with Crippen LogP contribution in [0.25, 0.3) is 22.5 Å². The van der Waals surface area contributed by atoms with Gasteiger partial charge in [0.2, 0.25) is 0 Å². The molecule has 0 atom stereocenters. The topological polar surface area (TPSA) is 78.6 Å². The van der Waals surface area contributed by atoms with Crippen LogP contribution >= 0.6 is 15.9 Å². The number of aromatic amines is 2. The van der Waals surface area contributed by atoms with E-state index in [-0.39, 0.29) is 5.82 Å². The first kappa shape index (κ1) is 13.5. The van der Waals surface area contributed by atoms with Gasteiger partial charge in [-0.05, 0) is 23.3 Å². The quantitative estimate of drug-likeness (QED) is 0.750. The molecule has 0 radical (unpaired) electrons. The summed E-state index contributed by atoms with van der Waals surface area (Å²) >= 11 is 3.40. The van der Waals surface area contributed by atoms with Gasteiger partial charge >= 0.3 is 11.4 Å². The van der Waals surface area contributed by atoms with Crippen LogP contribution in [0, 0.1) is 0 Å². The van der Waals surface area contributed by atoms with Crippen LogP contribution in [-0.4, -0.2) is 15.0 Å². The largest absolute Gasteiger partial charge is 0.351 e. The molecule has 0 saturated carbocycles. The number of nitrogens with zero attached hydrogens (tertiary/aromatic N) is 1. The Kier molecular flexibility index (Phi) is 3.53. The van der Waals surface area contributed by atoms with Crippen molar-refractivity contribution in [1.82, 2.24) is 15.0 Å². The molecular weight excluding hydrogens is 334 g/mol. The molecule has 2 aromatic carbocycles. The van der Waals surface area contributed by atoms with Crippen molar-refractivity contribution in [1.29, 1.82) is 0 Å². The van der Waals surface area contributed by atoms with E-state index in [9.17, 15) is 9.59 Å². The Bertz CT molecular complexity index is 852. The molecule has 1 heterocycles. The molecule has 3 rings (SSSR count). The average Bonchev–Trinajstić information content (AvgIpc) is 2.47. The van der Waals surface area contributed by atoms with Crippen molar-refractivity contribution in [2.24, 2.45) is 0 Å². The van der Waals surface area contributed by atoms with E-state index < -0.39 is 11.4 Å². The van der Waals surface area contributed by atoms with Crippen molar-refractivity contribution in [2.75, 3.05) is 0 Å². The van der Waals surface area contributed by atoms with E-state index >= 15 is 0 Å². The third-order valence-electron chi connectivity index (χ3n) is 3.00. The molecule has 2 N–H and O–H groups in total. The molecule has 0 aliphatic rings. The highest BCUT2D eigenvalue weighted by Crippen LogP contribution is 2.23. The minimum absolute atomic E-state index is 0.256. The van der Waals surface area contributed by atoms with E-state index in [0.29, 0.717) is 5.56 Å². The lowest BCUT2D eigenvalue weighted by Crippen LogP contribution is -2.25. The van der Waals surface area contributed by atoms with Gasteiger partial charge in [0.1, 0.15) is 5.82 Å². The van der Waals surface area contributed by atoms with Gasteiger partial charge in [-0.25, -0.2) is 9.59 Å². The summed E-state index contributed by atoms with van der Waals surface area (Å²) in [6.07, 6.45) is 0. The summed E-state index contributed by atoms with van der Waals surface area (Å²) in [4.78, 5) is 30.8. The predicted octanol–water partition coefficient (Wildman–Crippen LogP) is 2.55. The average molecular weight is 344 g/mol. The molecule has 0 saturated heterocycles. The van der Waals surface area contributed by atoms with Crippen molar-refractivity contribution in [2.45, 2.75) is 0 Å². The first-order chi connectivity index (χ1) is 10.1. The highest BCUT2D eigenvalue weighted by Gasteiger charge is 2.03. The lowest BCUT2D eigenvalue weighted by Gasteiger charge is -2.04. The second kappa shape index (κ2) is 5.49. The van der Waals surface area contributed by atoms with E-state index in [2.05, 4.69) is 25.9 Å². The Hall–Kier alpha value is -2.47. The van der Waals surface area contributed by atoms with Gasteiger partial charge in [0, 0.05) is 10.0 Å². The molecule has 0 fully saturated rings. The van der Waals surface area contributed by atoms with E-state index in [1.807, 2.05) is 53.5 Å². The highest BCUT2D eigenvalue weighted by molar-refractivity contribution is 9.10. The van der Waals surface area contributed by atoms with Crippen LogP contribution in [0.5, 0.6) is 0 Å². The normalized spacial score (nSPS) is 10.5. The summed E-state index contributed by atoms with van der Waals surface area (Å²) in [6.45, 7) is 0. The second-order valence-electron chi connectivity index (χ2n) is 4.43. The van der Waals surface area contributed by atoms with Gasteiger partial charge < -0.3 is 0 Å². The van der Waals surface area contributed by atoms with Gasteiger partial charge in [-0.2, -0.15) is 4.98 Å². The minimum Gasteiger partial charge on any atom is -0.291 e. The zero-order valence-corrected chi connectivity index (χ0v) is 12.3. The number of halogens is 1. The van der Waals surface area contributed by atoms with Gasteiger partial charge in [0.15, 0.2) is 0 Å². The van der Waals surface area contributed by atoms with E-state index in [1.54, 1.807) is 0 Å². The number of nitrogens with one attached hydrogen (secondary N) is 2. The monoisotopic (exact) mass is 343 g/mol. The highest BCUT2D eigenvalue weighted by atomic mass is 79.9. The summed E-state index contributed by atoms with van der Waals surface area (Å²) < 4.78 is 1.02. The van der Waals surface area contributed by atoms with Crippen LogP contribution in [0.2, 0.25) is 0 Å². The van der Waals surface area contributed by atoms with Gasteiger partial charge in [-0.1, -0.05) is 52.3 Å². The standard InChI is InChI=1S/C15H10BrN3O2/c16-12-7-5-10(6-8-12)9-1-3-11(4-2-9)13-17-14(20)19-15(21)18-13/h1-8H,(H2,17,18,19,20,21). The number of H-pyrrole nitrogens is 2. The Morgan fingerprint density at radius 2 is 1.29 bits per heavy atom. The summed E-state index contributed by atoms with van der Waals surface area (Å²) in [6, 6.07) is 15.4. The van der Waals surface area contributed by atoms with Crippen molar-refractivity contribution in [3.05, 3.63) is 74.0 Å². The first-order valence-corrected chi connectivity index (χ1v) is 6.98. The van der Waals surface area contributed by atoms with Crippen LogP contribution < -0.4 is 11.4 Å². The fourth-order valence-corrected chi connectivity index (χ4v) is 2.26. The second-order valence-corrected chi connectivity index (χ2v) is 5.34. The fraction of sp³-hybridized carbons (Fsp3) is 0. The van der Waals surface area contributed by atoms with Crippen LogP contribution in [0.1, 0.15) is 0 Å². The third-order valence-corrected chi connectivity index (χ3v) is 3.53. The van der Waals surface area contributed by atoms with Crippen LogP contribution in [0.4, 0.5) is 0 Å². The van der Waals surface area contributed by atoms with Gasteiger partial charge in [-0.15, -0.1) is 0 Å². The SMILES string of the molecule is O=c1nc(-c2ccc(-c3ccc(Br)cc3)cc2)[nH]c(=O)[nH]1. The molecule has 0 aliphatic heterocycles. The van der Waals surface area contributed by atoms with E-state index in [4.69, 9.17) is 0 Å². The van der Waals surface area contributed by atoms with Gasteiger partial charge in [0.05, 0.1) is 0 Å². The lowest BCUT2D eigenvalue weighted by atomic mass is 10.0. The Balaban J connectivity index is 1.99. The molecule has 21 heavy (non-hydrogen) atoms. The molecule has 5 nitrogen and oxygen atoms in total. The molecule has 0 amide bonds. The number of rotatable bonds is 2. The zero-order valence-electron chi connectivity index (χ0n) is 10.8. The Morgan fingerprint density at radius 3 is 1.86 bits per heavy atom. The molecule has 0 bridgehead atoms. The Morgan fingerprint density at radius 1 is 0.762 bits per heavy atom. The van der Waals surface area contributed by atoms with Crippen molar-refractivity contribution < 1.29 is 0 Å². The maximum Gasteiger partial charge on any atom is 0.351 e. The maximum absolute atomic E-state index is 11.2. The summed E-state index contributed by atoms with van der Waals surface area (Å²) in [5.41, 5.74) is 1.57. The summed E-state index contributed by atoms with van der Waals surface area (Å²) in [5.74, 6) is 0.256. The first-order valence-electron chi connectivity index (χ1n) is 6.19. The van der Waals surface area contributed by atoms with Crippen molar-refractivity contribution in [3.63, 3.8) is 0 Å². The number of aromatic nitrogens is 3. The molecule has 6 heteroatoms. The third kappa shape index (κ3) is 3.00. The molecule has 3 aromatic rings. The zero-order chi connectivity index (χ0) is 14.8. The molecular formula is C15H10BrN3O2. The summed E-state index contributed by atoms with van der Waals surface area (Å²) in [5, 5.41) is 0. The molecule has 1 aromatic heterocycles. The van der Waals surface area contributed by atoms with Crippen molar-refractivity contribution >= 4 is 15.9 Å². The molecule has 0 spiro atoms. The van der Waals surface area contributed by atoms with Gasteiger partial charge in [-0.3, -0.25) is 9.97 Å². The predicted molar refractivity (Wildman–Crippen MR) is 84.1 cm³/mol. The van der Waals surface area contributed by atoms with E-state index in [1.165, 1.54) is 0 Å². The minimum atomic E-state index is -0.661. The summed E-state index contributed by atoms with van der Waals surface area (Å²) in [7, 11) is 0. The molecule has 0 unspecified atom stereocenters. The number of hydrogen-bond acceptors (Lipinski definition) is 3. The number of benzene rings is 2. The lowest BCUT2D eigenvalue weighted by molar-refractivity contribution is 0.943. The molecule has 0 aliphatic carbocycles. The van der Waals surface area contributed by atoms with Crippen LogP contribution in [0.15, 0.2) is 62.6 Å². The van der Waals surface area contributed by atoms with Crippen molar-refractivity contribution in [3.8, 4) is 22.5 Å². The fourth-order valence-electron chi connectivity index (χ4n) is 1.99.